The van der Waals surface area contributed by atoms with Crippen molar-refractivity contribution in [2.75, 3.05) is 5.32 Å². The Kier molecular flexibility index (Phi) is 6.69. The van der Waals surface area contributed by atoms with Gasteiger partial charge in [0, 0.05) is 24.0 Å². The first-order chi connectivity index (χ1) is 16.4. The number of hydrogen-bond acceptors (Lipinski definition) is 5. The molecule has 0 aliphatic heterocycles. The summed E-state index contributed by atoms with van der Waals surface area (Å²) in [7, 11) is 0. The highest BCUT2D eigenvalue weighted by molar-refractivity contribution is 5.90. The first-order valence-electron chi connectivity index (χ1n) is 11.5. The molecule has 174 valence electrons. The van der Waals surface area contributed by atoms with Gasteiger partial charge in [0.15, 0.2) is 5.65 Å². The normalized spacial score (nSPS) is 11.8. The van der Waals surface area contributed by atoms with Crippen LogP contribution in [0, 0.1) is 18.8 Å². The summed E-state index contributed by atoms with van der Waals surface area (Å²) in [6.07, 6.45) is 8.11. The summed E-state index contributed by atoms with van der Waals surface area (Å²) in [5, 5.41) is 7.77. The third-order valence-electron chi connectivity index (χ3n) is 5.63. The number of pyridine rings is 1. The predicted octanol–water partition coefficient (Wildman–Crippen LogP) is 5.52. The lowest BCUT2D eigenvalue weighted by Crippen LogP contribution is -2.14. The largest absolute Gasteiger partial charge is 0.459 e. The molecule has 0 amide bonds. The van der Waals surface area contributed by atoms with Gasteiger partial charge < -0.3 is 10.1 Å². The summed E-state index contributed by atoms with van der Waals surface area (Å²) < 4.78 is 9.30. The SMILES string of the molecule is CCC(C)OC(=O)c1ccc(C)c(C#Cc2cnc3c(Nc4cnn(C(C)C)c4)cccn23)c1. The van der Waals surface area contributed by atoms with Crippen LogP contribution in [0.2, 0.25) is 0 Å². The molecule has 0 fully saturated rings. The number of hydrogen-bond donors (Lipinski definition) is 1. The van der Waals surface area contributed by atoms with E-state index in [0.717, 1.165) is 40.3 Å². The van der Waals surface area contributed by atoms with Gasteiger partial charge in [0.2, 0.25) is 0 Å². The summed E-state index contributed by atoms with van der Waals surface area (Å²) in [6.45, 7) is 10.0. The monoisotopic (exact) mass is 455 g/mol. The topological polar surface area (TPSA) is 73.4 Å². The van der Waals surface area contributed by atoms with E-state index in [2.05, 4.69) is 41.1 Å². The van der Waals surface area contributed by atoms with Crippen LogP contribution in [0.1, 0.15) is 67.3 Å². The molecule has 0 saturated carbocycles. The molecule has 0 saturated heterocycles. The molecule has 3 aromatic heterocycles. The Morgan fingerprint density at radius 1 is 1.18 bits per heavy atom. The zero-order chi connectivity index (χ0) is 24.2. The minimum absolute atomic E-state index is 0.121. The Bertz CT molecular complexity index is 1390. The highest BCUT2D eigenvalue weighted by Crippen LogP contribution is 2.22. The number of ether oxygens (including phenoxy) is 1. The van der Waals surface area contributed by atoms with Crippen LogP contribution in [0.15, 0.2) is 55.1 Å². The van der Waals surface area contributed by atoms with Crippen LogP contribution in [0.25, 0.3) is 5.65 Å². The first-order valence-corrected chi connectivity index (χ1v) is 11.5. The van der Waals surface area contributed by atoms with Crippen molar-refractivity contribution in [2.45, 2.75) is 53.2 Å². The highest BCUT2D eigenvalue weighted by Gasteiger charge is 2.12. The minimum Gasteiger partial charge on any atom is -0.459 e. The van der Waals surface area contributed by atoms with Crippen LogP contribution < -0.4 is 5.32 Å². The molecule has 1 aromatic carbocycles. The van der Waals surface area contributed by atoms with Crippen LogP contribution >= 0.6 is 0 Å². The van der Waals surface area contributed by atoms with E-state index in [-0.39, 0.29) is 12.1 Å². The van der Waals surface area contributed by atoms with Crippen LogP contribution in [0.4, 0.5) is 11.4 Å². The molecule has 4 aromatic rings. The van der Waals surface area contributed by atoms with Gasteiger partial charge in [-0.3, -0.25) is 9.08 Å². The summed E-state index contributed by atoms with van der Waals surface area (Å²) in [5.41, 5.74) is 5.56. The van der Waals surface area contributed by atoms with Gasteiger partial charge in [0.25, 0.3) is 0 Å². The maximum absolute atomic E-state index is 12.4. The molecular formula is C27H29N5O2. The molecule has 1 atom stereocenters. The molecule has 7 nitrogen and oxygen atoms in total. The average Bonchev–Trinajstić information content (AvgIpc) is 3.46. The predicted molar refractivity (Wildman–Crippen MR) is 133 cm³/mol. The van der Waals surface area contributed by atoms with E-state index in [4.69, 9.17) is 4.74 Å². The molecule has 0 aliphatic carbocycles. The second-order valence-corrected chi connectivity index (χ2v) is 8.59. The molecule has 1 unspecified atom stereocenters. The summed E-state index contributed by atoms with van der Waals surface area (Å²) >= 11 is 0. The molecule has 0 spiro atoms. The quantitative estimate of drug-likeness (QED) is 0.306. The van der Waals surface area contributed by atoms with Gasteiger partial charge in [-0.25, -0.2) is 9.78 Å². The van der Waals surface area contributed by atoms with Crippen molar-refractivity contribution >= 4 is 23.0 Å². The van der Waals surface area contributed by atoms with Crippen LogP contribution in [0.3, 0.4) is 0 Å². The first kappa shape index (κ1) is 23.1. The Labute approximate surface area is 199 Å². The number of aryl methyl sites for hydroxylation is 1. The number of fused-ring (bicyclic) bond motifs is 1. The van der Waals surface area contributed by atoms with Crippen molar-refractivity contribution in [1.29, 1.82) is 0 Å². The number of benzene rings is 1. The van der Waals surface area contributed by atoms with Gasteiger partial charge in [0.1, 0.15) is 5.69 Å². The third kappa shape index (κ3) is 4.96. The number of anilines is 2. The second-order valence-electron chi connectivity index (χ2n) is 8.59. The fourth-order valence-electron chi connectivity index (χ4n) is 3.39. The zero-order valence-corrected chi connectivity index (χ0v) is 20.2. The molecule has 7 heteroatoms. The molecule has 34 heavy (non-hydrogen) atoms. The Balaban J connectivity index is 1.61. The van der Waals surface area contributed by atoms with Gasteiger partial charge in [0.05, 0.1) is 35.4 Å². The van der Waals surface area contributed by atoms with Crippen molar-refractivity contribution < 1.29 is 9.53 Å². The Morgan fingerprint density at radius 3 is 2.74 bits per heavy atom. The lowest BCUT2D eigenvalue weighted by Gasteiger charge is -2.11. The number of imidazole rings is 1. The lowest BCUT2D eigenvalue weighted by molar-refractivity contribution is 0.0334. The number of carbonyl (C=O) groups is 1. The van der Waals surface area contributed by atoms with E-state index in [1.807, 2.05) is 60.4 Å². The molecule has 0 bridgehead atoms. The second kappa shape index (κ2) is 9.84. The van der Waals surface area contributed by atoms with Crippen LogP contribution in [-0.2, 0) is 4.74 Å². The van der Waals surface area contributed by atoms with Crippen molar-refractivity contribution in [3.8, 4) is 11.8 Å². The van der Waals surface area contributed by atoms with E-state index >= 15 is 0 Å². The van der Waals surface area contributed by atoms with Crippen molar-refractivity contribution in [3.05, 3.63) is 77.5 Å². The number of esters is 1. The van der Waals surface area contributed by atoms with Crippen LogP contribution in [0.5, 0.6) is 0 Å². The summed E-state index contributed by atoms with van der Waals surface area (Å²) in [5.74, 6) is 6.08. The minimum atomic E-state index is -0.330. The maximum Gasteiger partial charge on any atom is 0.338 e. The highest BCUT2D eigenvalue weighted by atomic mass is 16.5. The number of aromatic nitrogens is 4. The molecule has 0 aliphatic rings. The Morgan fingerprint density at radius 2 is 2.00 bits per heavy atom. The standard InChI is InChI=1S/C27H29N5O2/c1-6-20(5)34-27(33)22-10-9-19(4)21(14-22)11-12-24-16-28-26-25(8-7-13-31(24)26)30-23-15-29-32(17-23)18(2)3/h7-10,13-18,20,30H,6H2,1-5H3. The molecule has 4 rings (SSSR count). The third-order valence-corrected chi connectivity index (χ3v) is 5.63. The molecule has 3 heterocycles. The van der Waals surface area contributed by atoms with E-state index < -0.39 is 0 Å². The molecule has 1 N–H and O–H groups in total. The number of nitrogens with zero attached hydrogens (tertiary/aromatic N) is 4. The van der Waals surface area contributed by atoms with Gasteiger partial charge in [-0.05, 0) is 69.9 Å². The number of nitrogens with one attached hydrogen (secondary N) is 1. The van der Waals surface area contributed by atoms with Gasteiger partial charge >= 0.3 is 5.97 Å². The Hall–Kier alpha value is -4.05. The van der Waals surface area contributed by atoms with E-state index in [1.54, 1.807) is 24.5 Å². The fraction of sp³-hybridized carbons (Fsp3) is 0.296. The summed E-state index contributed by atoms with van der Waals surface area (Å²) in [6, 6.07) is 9.67. The van der Waals surface area contributed by atoms with E-state index in [9.17, 15) is 4.79 Å². The van der Waals surface area contributed by atoms with Crippen LogP contribution in [-0.4, -0.2) is 31.2 Å². The lowest BCUT2D eigenvalue weighted by atomic mass is 10.1. The maximum atomic E-state index is 12.4. The van der Waals surface area contributed by atoms with Crippen molar-refractivity contribution in [3.63, 3.8) is 0 Å². The van der Waals surface area contributed by atoms with Gasteiger partial charge in [-0.15, -0.1) is 0 Å². The zero-order valence-electron chi connectivity index (χ0n) is 20.2. The molecule has 0 radical (unpaired) electrons. The molecular weight excluding hydrogens is 426 g/mol. The number of rotatable bonds is 6. The number of carbonyl (C=O) groups excluding carboxylic acids is 1. The van der Waals surface area contributed by atoms with Gasteiger partial charge in [-0.1, -0.05) is 18.9 Å². The van der Waals surface area contributed by atoms with E-state index in [1.165, 1.54) is 0 Å². The fourth-order valence-corrected chi connectivity index (χ4v) is 3.39. The van der Waals surface area contributed by atoms with Crippen molar-refractivity contribution in [1.82, 2.24) is 19.2 Å². The average molecular weight is 456 g/mol. The smallest absolute Gasteiger partial charge is 0.338 e. The van der Waals surface area contributed by atoms with Gasteiger partial charge in [-0.2, -0.15) is 5.10 Å². The van der Waals surface area contributed by atoms with E-state index in [0.29, 0.717) is 11.6 Å². The van der Waals surface area contributed by atoms with Crippen molar-refractivity contribution in [2.24, 2.45) is 0 Å². The summed E-state index contributed by atoms with van der Waals surface area (Å²) in [4.78, 5) is 17.0.